The summed E-state index contributed by atoms with van der Waals surface area (Å²) >= 11 is 6.86. The van der Waals surface area contributed by atoms with Crippen LogP contribution in [0.4, 0.5) is 4.39 Å². The zero-order valence-electron chi connectivity index (χ0n) is 8.32. The number of carboxylic acid groups (broad SMARTS) is 1. The van der Waals surface area contributed by atoms with Gasteiger partial charge in [-0.3, -0.25) is 4.79 Å². The van der Waals surface area contributed by atoms with Gasteiger partial charge in [-0.05, 0) is 11.6 Å². The molecule has 0 saturated carbocycles. The fraction of sp³-hybridized carbons (Fsp3) is 0.300. The van der Waals surface area contributed by atoms with Gasteiger partial charge in [-0.2, -0.15) is 11.8 Å². The third-order valence-corrected chi connectivity index (χ3v) is 3.31. The number of aliphatic carboxylic acids is 1. The lowest BCUT2D eigenvalue weighted by Crippen LogP contribution is -2.32. The average molecular weight is 264 g/mol. The highest BCUT2D eigenvalue weighted by molar-refractivity contribution is 7.98. The van der Waals surface area contributed by atoms with Crippen LogP contribution in [0.15, 0.2) is 18.2 Å². The Balaban J connectivity index is 2.49. The first-order valence-electron chi connectivity index (χ1n) is 4.51. The van der Waals surface area contributed by atoms with Gasteiger partial charge < -0.3 is 10.8 Å². The zero-order chi connectivity index (χ0) is 12.1. The van der Waals surface area contributed by atoms with Crippen LogP contribution in [0.5, 0.6) is 0 Å². The van der Waals surface area contributed by atoms with Crippen molar-refractivity contribution in [2.45, 2.75) is 11.8 Å². The lowest BCUT2D eigenvalue weighted by Gasteiger charge is -2.07. The second-order valence-electron chi connectivity index (χ2n) is 3.17. The Hall–Kier alpha value is -0.780. The van der Waals surface area contributed by atoms with Crippen molar-refractivity contribution in [3.63, 3.8) is 0 Å². The van der Waals surface area contributed by atoms with Crippen LogP contribution in [0.2, 0.25) is 5.02 Å². The van der Waals surface area contributed by atoms with Gasteiger partial charge in [0.2, 0.25) is 0 Å². The van der Waals surface area contributed by atoms with Crippen LogP contribution in [0.3, 0.4) is 0 Å². The summed E-state index contributed by atoms with van der Waals surface area (Å²) in [7, 11) is 0. The fourth-order valence-electron chi connectivity index (χ4n) is 1.03. The maximum Gasteiger partial charge on any atom is 0.321 e. The molecule has 0 amide bonds. The summed E-state index contributed by atoms with van der Waals surface area (Å²) in [5.74, 6) is -0.922. The summed E-state index contributed by atoms with van der Waals surface area (Å²) in [6.45, 7) is 0. The predicted molar refractivity (Wildman–Crippen MR) is 63.2 cm³/mol. The smallest absolute Gasteiger partial charge is 0.321 e. The maximum atomic E-state index is 13.4. The molecule has 1 aromatic rings. The number of nitrogens with two attached hydrogens (primary N) is 1. The molecule has 6 heteroatoms. The second-order valence-corrected chi connectivity index (χ2v) is 4.61. The quantitative estimate of drug-likeness (QED) is 0.854. The molecule has 0 aromatic heterocycles. The van der Waals surface area contributed by atoms with E-state index in [2.05, 4.69) is 0 Å². The zero-order valence-corrected chi connectivity index (χ0v) is 9.89. The molecule has 1 aromatic carbocycles. The standard InChI is InChI=1S/C10H11ClFNO2S/c11-7-3-1-2-6(9(7)12)4-16-5-8(13)10(14)15/h1-3,8H,4-5,13H2,(H,14,15)/t8-/m0/s1. The Labute approximate surface area is 102 Å². The average Bonchev–Trinajstić information content (AvgIpc) is 2.24. The van der Waals surface area contributed by atoms with Gasteiger partial charge >= 0.3 is 5.97 Å². The Morgan fingerprint density at radius 1 is 1.62 bits per heavy atom. The lowest BCUT2D eigenvalue weighted by atomic mass is 10.2. The van der Waals surface area contributed by atoms with Gasteiger partial charge in [0, 0.05) is 11.5 Å². The highest BCUT2D eigenvalue weighted by Crippen LogP contribution is 2.22. The van der Waals surface area contributed by atoms with Crippen LogP contribution >= 0.6 is 23.4 Å². The largest absolute Gasteiger partial charge is 0.480 e. The third kappa shape index (κ3) is 3.66. The minimum absolute atomic E-state index is 0.0700. The van der Waals surface area contributed by atoms with Crippen LogP contribution in [-0.4, -0.2) is 22.9 Å². The number of halogens is 2. The van der Waals surface area contributed by atoms with Gasteiger partial charge in [0.05, 0.1) is 5.02 Å². The Kier molecular flexibility index (Phi) is 5.05. The summed E-state index contributed by atoms with van der Waals surface area (Å²) in [4.78, 5) is 10.4. The van der Waals surface area contributed by atoms with Gasteiger partial charge in [0.1, 0.15) is 11.9 Å². The van der Waals surface area contributed by atoms with Crippen molar-refractivity contribution in [3.05, 3.63) is 34.6 Å². The van der Waals surface area contributed by atoms with Gasteiger partial charge in [-0.15, -0.1) is 0 Å². The molecule has 0 unspecified atom stereocenters. The number of rotatable bonds is 5. The summed E-state index contributed by atoms with van der Waals surface area (Å²) in [5, 5.41) is 8.61. The third-order valence-electron chi connectivity index (χ3n) is 1.90. The highest BCUT2D eigenvalue weighted by atomic mass is 35.5. The molecular weight excluding hydrogens is 253 g/mol. The van der Waals surface area contributed by atoms with Gasteiger partial charge in [0.25, 0.3) is 0 Å². The number of carboxylic acids is 1. The molecule has 0 saturated heterocycles. The first-order valence-corrected chi connectivity index (χ1v) is 6.04. The summed E-state index contributed by atoms with van der Waals surface area (Å²) < 4.78 is 13.4. The van der Waals surface area contributed by atoms with E-state index < -0.39 is 17.8 Å². The molecule has 3 nitrogen and oxygen atoms in total. The van der Waals surface area contributed by atoms with Crippen molar-refractivity contribution in [2.75, 3.05) is 5.75 Å². The molecule has 88 valence electrons. The summed E-state index contributed by atoms with van der Waals surface area (Å²) in [6.07, 6.45) is 0. The summed E-state index contributed by atoms with van der Waals surface area (Å²) in [5.41, 5.74) is 5.76. The minimum atomic E-state index is -1.06. The van der Waals surface area contributed by atoms with Crippen LogP contribution in [0, 0.1) is 5.82 Å². The molecule has 1 atom stereocenters. The monoisotopic (exact) mass is 263 g/mol. The van der Waals surface area contributed by atoms with E-state index in [1.807, 2.05) is 0 Å². The van der Waals surface area contributed by atoms with Crippen LogP contribution in [-0.2, 0) is 10.5 Å². The first kappa shape index (κ1) is 13.3. The SMILES string of the molecule is N[C@@H](CSCc1cccc(Cl)c1F)C(=O)O. The number of hydrogen-bond acceptors (Lipinski definition) is 3. The Morgan fingerprint density at radius 3 is 2.94 bits per heavy atom. The molecule has 0 bridgehead atoms. The molecule has 1 rings (SSSR count). The second kappa shape index (κ2) is 6.08. The minimum Gasteiger partial charge on any atom is -0.480 e. The number of thioether (sulfide) groups is 1. The van der Waals surface area contributed by atoms with E-state index >= 15 is 0 Å². The Morgan fingerprint density at radius 2 is 2.31 bits per heavy atom. The molecule has 16 heavy (non-hydrogen) atoms. The van der Waals surface area contributed by atoms with Gasteiger partial charge in [-0.25, -0.2) is 4.39 Å². The normalized spacial score (nSPS) is 12.4. The topological polar surface area (TPSA) is 63.3 Å². The lowest BCUT2D eigenvalue weighted by molar-refractivity contribution is -0.137. The predicted octanol–water partition coefficient (Wildman–Crippen LogP) is 2.12. The molecular formula is C10H11ClFNO2S. The number of hydrogen-bond donors (Lipinski definition) is 2. The first-order chi connectivity index (χ1) is 7.52. The maximum absolute atomic E-state index is 13.4. The van der Waals surface area contributed by atoms with E-state index in [1.54, 1.807) is 12.1 Å². The van der Waals surface area contributed by atoms with E-state index in [0.29, 0.717) is 11.3 Å². The van der Waals surface area contributed by atoms with Crippen molar-refractivity contribution in [3.8, 4) is 0 Å². The van der Waals surface area contributed by atoms with E-state index in [4.69, 9.17) is 22.4 Å². The highest BCUT2D eigenvalue weighted by Gasteiger charge is 2.12. The fourth-order valence-corrected chi connectivity index (χ4v) is 2.18. The van der Waals surface area contributed by atoms with Crippen molar-refractivity contribution in [1.29, 1.82) is 0 Å². The number of carbonyl (C=O) groups is 1. The van der Waals surface area contributed by atoms with Crippen LogP contribution in [0.1, 0.15) is 5.56 Å². The van der Waals surface area contributed by atoms with Crippen molar-refractivity contribution >= 4 is 29.3 Å². The van der Waals surface area contributed by atoms with E-state index in [1.165, 1.54) is 17.8 Å². The van der Waals surface area contributed by atoms with Crippen LogP contribution in [0.25, 0.3) is 0 Å². The molecule has 0 heterocycles. The van der Waals surface area contributed by atoms with Gasteiger partial charge in [0.15, 0.2) is 0 Å². The molecule has 3 N–H and O–H groups in total. The van der Waals surface area contributed by atoms with E-state index in [-0.39, 0.29) is 10.8 Å². The van der Waals surface area contributed by atoms with Crippen molar-refractivity contribution in [1.82, 2.24) is 0 Å². The van der Waals surface area contributed by atoms with Gasteiger partial charge in [-0.1, -0.05) is 23.7 Å². The molecule has 0 aliphatic carbocycles. The van der Waals surface area contributed by atoms with E-state index in [9.17, 15) is 9.18 Å². The summed E-state index contributed by atoms with van der Waals surface area (Å²) in [6, 6.07) is 3.81. The molecule has 0 aliphatic heterocycles. The molecule has 0 fully saturated rings. The molecule has 0 spiro atoms. The number of benzene rings is 1. The molecule has 0 aliphatic rings. The van der Waals surface area contributed by atoms with Crippen LogP contribution < -0.4 is 5.73 Å². The Bertz CT molecular complexity index is 389. The molecule has 0 radical (unpaired) electrons. The van der Waals surface area contributed by atoms with Crippen molar-refractivity contribution in [2.24, 2.45) is 5.73 Å². The van der Waals surface area contributed by atoms with E-state index in [0.717, 1.165) is 0 Å². The van der Waals surface area contributed by atoms with Crippen molar-refractivity contribution < 1.29 is 14.3 Å².